The number of rotatable bonds is 1. The molecule has 1 unspecified atom stereocenters. The quantitative estimate of drug-likeness (QED) is 0.575. The highest BCUT2D eigenvalue weighted by Gasteiger charge is 2.28. The van der Waals surface area contributed by atoms with Gasteiger partial charge in [0.25, 0.3) is 0 Å². The van der Waals surface area contributed by atoms with E-state index in [1.165, 1.54) is 7.11 Å². The summed E-state index contributed by atoms with van der Waals surface area (Å²) < 4.78 is 9.68. The van der Waals surface area contributed by atoms with Crippen molar-refractivity contribution in [2.24, 2.45) is 0 Å². The third-order valence-electron chi connectivity index (χ3n) is 1.51. The second-order valence-corrected chi connectivity index (χ2v) is 2.28. The maximum absolute atomic E-state index is 11.1. The highest BCUT2D eigenvalue weighted by atomic mass is 16.5. The molecular weight excluding hydrogens is 148 g/mol. The molecule has 0 saturated carbocycles. The summed E-state index contributed by atoms with van der Waals surface area (Å²) in [6, 6.07) is 0. The number of aliphatic hydroxyl groups is 1. The van der Waals surface area contributed by atoms with Gasteiger partial charge in [0.1, 0.15) is 12.4 Å². The zero-order valence-electron chi connectivity index (χ0n) is 6.46. The second-order valence-electron chi connectivity index (χ2n) is 2.28. The van der Waals surface area contributed by atoms with Crippen LogP contribution in [0.5, 0.6) is 0 Å². The van der Waals surface area contributed by atoms with Crippen molar-refractivity contribution < 1.29 is 19.4 Å². The Hall–Kier alpha value is -1.03. The summed E-state index contributed by atoms with van der Waals surface area (Å²) in [6.45, 7) is 1.65. The number of hydrogen-bond donors (Lipinski definition) is 1. The lowest BCUT2D eigenvalue weighted by Crippen LogP contribution is -2.32. The van der Waals surface area contributed by atoms with Crippen molar-refractivity contribution in [2.45, 2.75) is 13.0 Å². The van der Waals surface area contributed by atoms with Crippen molar-refractivity contribution in [2.75, 3.05) is 13.7 Å². The summed E-state index contributed by atoms with van der Waals surface area (Å²) in [5, 5.41) is 9.01. The number of ether oxygens (including phenoxy) is 2. The van der Waals surface area contributed by atoms with E-state index in [0.717, 1.165) is 0 Å². The predicted molar refractivity (Wildman–Crippen MR) is 36.7 cm³/mol. The fraction of sp³-hybridized carbons (Fsp3) is 0.571. The Balaban J connectivity index is 2.89. The van der Waals surface area contributed by atoms with Crippen molar-refractivity contribution in [3.05, 3.63) is 11.5 Å². The first kappa shape index (κ1) is 8.07. The van der Waals surface area contributed by atoms with Crippen LogP contribution in [0.2, 0.25) is 0 Å². The minimum absolute atomic E-state index is 0.0253. The summed E-state index contributed by atoms with van der Waals surface area (Å²) in [7, 11) is 1.37. The number of methoxy groups -OCH3 is 1. The van der Waals surface area contributed by atoms with Gasteiger partial charge >= 0.3 is 0 Å². The SMILES string of the molecule is COC1=C(C)OCC(O)C1=O. The number of aliphatic hydroxyl groups excluding tert-OH is 1. The third kappa shape index (κ3) is 1.35. The molecule has 1 rings (SSSR count). The molecular formula is C7H10O4. The zero-order chi connectivity index (χ0) is 8.43. The van der Waals surface area contributed by atoms with Crippen LogP contribution in [0.4, 0.5) is 0 Å². The van der Waals surface area contributed by atoms with Gasteiger partial charge in [-0.25, -0.2) is 0 Å². The molecule has 0 aromatic carbocycles. The van der Waals surface area contributed by atoms with Crippen molar-refractivity contribution in [1.82, 2.24) is 0 Å². The van der Waals surface area contributed by atoms with E-state index in [2.05, 4.69) is 0 Å². The van der Waals surface area contributed by atoms with Gasteiger partial charge < -0.3 is 14.6 Å². The van der Waals surface area contributed by atoms with Gasteiger partial charge in [-0.3, -0.25) is 4.79 Å². The molecule has 1 aliphatic rings. The highest BCUT2D eigenvalue weighted by molar-refractivity contribution is 5.97. The van der Waals surface area contributed by atoms with Gasteiger partial charge in [0, 0.05) is 0 Å². The van der Waals surface area contributed by atoms with Crippen LogP contribution in [-0.4, -0.2) is 30.7 Å². The molecule has 0 aromatic rings. The molecule has 62 valence electrons. The van der Waals surface area contributed by atoms with E-state index >= 15 is 0 Å². The topological polar surface area (TPSA) is 55.8 Å². The molecule has 0 fully saturated rings. The molecule has 1 heterocycles. The predicted octanol–water partition coefficient (Wildman–Crippen LogP) is -0.175. The largest absolute Gasteiger partial charge is 0.491 e. The van der Waals surface area contributed by atoms with E-state index in [1.807, 2.05) is 0 Å². The van der Waals surface area contributed by atoms with Gasteiger partial charge in [-0.05, 0) is 6.92 Å². The Morgan fingerprint density at radius 1 is 1.73 bits per heavy atom. The minimum atomic E-state index is -1.08. The van der Waals surface area contributed by atoms with Crippen molar-refractivity contribution >= 4 is 5.78 Å². The number of carbonyl (C=O) groups is 1. The summed E-state index contributed by atoms with van der Waals surface area (Å²) in [5.74, 6) is 0.141. The summed E-state index contributed by atoms with van der Waals surface area (Å²) in [6.07, 6.45) is -1.08. The van der Waals surface area contributed by atoms with Crippen LogP contribution in [0.15, 0.2) is 11.5 Å². The van der Waals surface area contributed by atoms with Gasteiger partial charge in [-0.2, -0.15) is 0 Å². The van der Waals surface area contributed by atoms with Crippen LogP contribution >= 0.6 is 0 Å². The molecule has 0 saturated heterocycles. The van der Waals surface area contributed by atoms with E-state index in [4.69, 9.17) is 14.6 Å². The summed E-state index contributed by atoms with van der Waals surface area (Å²) in [4.78, 5) is 11.1. The van der Waals surface area contributed by atoms with E-state index < -0.39 is 11.9 Å². The number of allylic oxidation sites excluding steroid dienone is 1. The van der Waals surface area contributed by atoms with Crippen LogP contribution in [-0.2, 0) is 14.3 Å². The van der Waals surface area contributed by atoms with Crippen LogP contribution in [0.1, 0.15) is 6.92 Å². The first-order valence-electron chi connectivity index (χ1n) is 3.26. The molecule has 1 aliphatic heterocycles. The Morgan fingerprint density at radius 3 is 2.82 bits per heavy atom. The number of Topliss-reactive ketones (excluding diaryl/α,β-unsaturated/α-hetero) is 1. The van der Waals surface area contributed by atoms with Crippen LogP contribution in [0.3, 0.4) is 0 Å². The van der Waals surface area contributed by atoms with Gasteiger partial charge in [0.05, 0.1) is 7.11 Å². The monoisotopic (exact) mass is 158 g/mol. The Kier molecular flexibility index (Phi) is 2.14. The third-order valence-corrected chi connectivity index (χ3v) is 1.51. The lowest BCUT2D eigenvalue weighted by Gasteiger charge is -2.20. The summed E-state index contributed by atoms with van der Waals surface area (Å²) in [5.41, 5.74) is 0. The summed E-state index contributed by atoms with van der Waals surface area (Å²) >= 11 is 0. The molecule has 0 amide bonds. The first-order chi connectivity index (χ1) is 5.16. The molecule has 4 nitrogen and oxygen atoms in total. The fourth-order valence-electron chi connectivity index (χ4n) is 0.914. The van der Waals surface area contributed by atoms with Gasteiger partial charge in [-0.1, -0.05) is 0 Å². The molecule has 1 atom stereocenters. The highest BCUT2D eigenvalue weighted by Crippen LogP contribution is 2.15. The Morgan fingerprint density at radius 2 is 2.36 bits per heavy atom. The molecule has 4 heteroatoms. The van der Waals surface area contributed by atoms with E-state index in [-0.39, 0.29) is 12.4 Å². The van der Waals surface area contributed by atoms with E-state index in [0.29, 0.717) is 5.76 Å². The van der Waals surface area contributed by atoms with Crippen LogP contribution in [0.25, 0.3) is 0 Å². The number of carbonyl (C=O) groups excluding carboxylic acids is 1. The number of ketones is 1. The van der Waals surface area contributed by atoms with Crippen LogP contribution in [0, 0.1) is 0 Å². The van der Waals surface area contributed by atoms with E-state index in [1.54, 1.807) is 6.92 Å². The van der Waals surface area contributed by atoms with Gasteiger partial charge in [0.2, 0.25) is 11.5 Å². The lowest BCUT2D eigenvalue weighted by atomic mass is 10.1. The molecule has 0 aliphatic carbocycles. The second kappa shape index (κ2) is 2.92. The fourth-order valence-corrected chi connectivity index (χ4v) is 0.914. The molecule has 11 heavy (non-hydrogen) atoms. The van der Waals surface area contributed by atoms with Gasteiger partial charge in [-0.15, -0.1) is 0 Å². The molecule has 0 aromatic heterocycles. The standard InChI is InChI=1S/C7H10O4/c1-4-7(10-2)6(9)5(8)3-11-4/h5,8H,3H2,1-2H3. The van der Waals surface area contributed by atoms with Crippen LogP contribution < -0.4 is 0 Å². The van der Waals surface area contributed by atoms with Crippen molar-refractivity contribution in [3.8, 4) is 0 Å². The minimum Gasteiger partial charge on any atom is -0.491 e. The maximum atomic E-state index is 11.1. The normalized spacial score (nSPS) is 25.0. The van der Waals surface area contributed by atoms with Crippen molar-refractivity contribution in [1.29, 1.82) is 0 Å². The molecule has 1 N–H and O–H groups in total. The Bertz CT molecular complexity index is 206. The average Bonchev–Trinajstić information content (AvgIpc) is 1.99. The first-order valence-corrected chi connectivity index (χ1v) is 3.26. The zero-order valence-corrected chi connectivity index (χ0v) is 6.46. The maximum Gasteiger partial charge on any atom is 0.232 e. The molecule has 0 spiro atoms. The van der Waals surface area contributed by atoms with Crippen molar-refractivity contribution in [3.63, 3.8) is 0 Å². The lowest BCUT2D eigenvalue weighted by molar-refractivity contribution is -0.132. The smallest absolute Gasteiger partial charge is 0.232 e. The average molecular weight is 158 g/mol. The molecule has 0 bridgehead atoms. The van der Waals surface area contributed by atoms with E-state index in [9.17, 15) is 4.79 Å². The Labute approximate surface area is 64.4 Å². The number of hydrogen-bond acceptors (Lipinski definition) is 4. The molecule has 0 radical (unpaired) electrons. The van der Waals surface area contributed by atoms with Gasteiger partial charge in [0.15, 0.2) is 6.10 Å².